The summed E-state index contributed by atoms with van der Waals surface area (Å²) in [4.78, 5) is 36.8. The van der Waals surface area contributed by atoms with Crippen LogP contribution in [0.15, 0.2) is 29.2 Å². The van der Waals surface area contributed by atoms with Crippen molar-refractivity contribution in [1.29, 1.82) is 0 Å². The van der Waals surface area contributed by atoms with E-state index in [0.29, 0.717) is 13.1 Å². The molecule has 0 saturated carbocycles. The summed E-state index contributed by atoms with van der Waals surface area (Å²) in [6.45, 7) is 10.6. The van der Waals surface area contributed by atoms with Crippen LogP contribution in [-0.4, -0.2) is 62.3 Å². The number of nitrogens with zero attached hydrogens (tertiary/aromatic N) is 1. The van der Waals surface area contributed by atoms with Gasteiger partial charge in [0, 0.05) is 24.7 Å². The third-order valence-corrected chi connectivity index (χ3v) is 6.49. The van der Waals surface area contributed by atoms with E-state index in [1.54, 1.807) is 41.5 Å². The molecule has 0 radical (unpaired) electrons. The second kappa shape index (κ2) is 11.8. The average Bonchev–Trinajstić information content (AvgIpc) is 2.70. The first-order valence-corrected chi connectivity index (χ1v) is 11.7. The van der Waals surface area contributed by atoms with Crippen LogP contribution in [0.5, 0.6) is 0 Å². The lowest BCUT2D eigenvalue weighted by Gasteiger charge is -2.21. The van der Waals surface area contributed by atoms with Crippen LogP contribution in [0.4, 0.5) is 0 Å². The van der Waals surface area contributed by atoms with Gasteiger partial charge in [0.1, 0.15) is 6.04 Å². The van der Waals surface area contributed by atoms with Gasteiger partial charge in [-0.15, -0.1) is 0 Å². The van der Waals surface area contributed by atoms with E-state index in [4.69, 9.17) is 4.74 Å². The second-order valence-electron chi connectivity index (χ2n) is 7.64. The van der Waals surface area contributed by atoms with Crippen LogP contribution in [0, 0.1) is 5.92 Å². The van der Waals surface area contributed by atoms with E-state index < -0.39 is 40.5 Å². The number of carbonyl (C=O) groups excluding carboxylic acids is 3. The van der Waals surface area contributed by atoms with Crippen molar-refractivity contribution < 1.29 is 27.5 Å². The number of ether oxygens (including phenoxy) is 1. The summed E-state index contributed by atoms with van der Waals surface area (Å²) in [6, 6.07) is 4.56. The van der Waals surface area contributed by atoms with Crippen molar-refractivity contribution in [1.82, 2.24) is 14.9 Å². The Kier molecular flexibility index (Phi) is 10.1. The molecule has 0 spiro atoms. The molecule has 174 valence electrons. The van der Waals surface area contributed by atoms with Crippen molar-refractivity contribution in [2.45, 2.75) is 58.5 Å². The molecule has 0 bridgehead atoms. The van der Waals surface area contributed by atoms with Crippen LogP contribution >= 0.6 is 0 Å². The minimum absolute atomic E-state index is 0.00196. The average molecular weight is 456 g/mol. The van der Waals surface area contributed by atoms with Crippen molar-refractivity contribution in [3.05, 3.63) is 29.8 Å². The second-order valence-corrected chi connectivity index (χ2v) is 9.58. The summed E-state index contributed by atoms with van der Waals surface area (Å²) < 4.78 is 31.8. The summed E-state index contributed by atoms with van der Waals surface area (Å²) in [5, 5.41) is 5.19. The van der Waals surface area contributed by atoms with Crippen molar-refractivity contribution in [2.75, 3.05) is 19.7 Å². The number of esters is 1. The minimum atomic E-state index is -3.73. The zero-order valence-electron chi connectivity index (χ0n) is 19.0. The summed E-state index contributed by atoms with van der Waals surface area (Å²) in [6.07, 6.45) is 0. The molecule has 0 saturated heterocycles. The van der Waals surface area contributed by atoms with E-state index in [0.717, 1.165) is 0 Å². The molecule has 0 unspecified atom stereocenters. The Balaban J connectivity index is 2.96. The number of hydrogen-bond donors (Lipinski definition) is 2. The van der Waals surface area contributed by atoms with Gasteiger partial charge < -0.3 is 15.4 Å². The topological polar surface area (TPSA) is 122 Å². The van der Waals surface area contributed by atoms with Gasteiger partial charge in [-0.2, -0.15) is 4.31 Å². The third kappa shape index (κ3) is 7.62. The minimum Gasteiger partial charge on any atom is -0.454 e. The number of hydrogen-bond acceptors (Lipinski definition) is 6. The highest BCUT2D eigenvalue weighted by molar-refractivity contribution is 7.89. The Hall–Kier alpha value is -2.46. The van der Waals surface area contributed by atoms with E-state index >= 15 is 0 Å². The van der Waals surface area contributed by atoms with Crippen LogP contribution in [0.25, 0.3) is 0 Å². The number of rotatable bonds is 11. The molecular formula is C21H33N3O6S. The lowest BCUT2D eigenvalue weighted by molar-refractivity contribution is -0.151. The predicted octanol–water partition coefficient (Wildman–Crippen LogP) is 1.54. The highest BCUT2D eigenvalue weighted by Crippen LogP contribution is 2.17. The lowest BCUT2D eigenvalue weighted by Crippen LogP contribution is -2.46. The van der Waals surface area contributed by atoms with Crippen molar-refractivity contribution in [2.24, 2.45) is 5.92 Å². The number of benzene rings is 1. The van der Waals surface area contributed by atoms with Gasteiger partial charge >= 0.3 is 5.97 Å². The Morgan fingerprint density at radius 3 is 2.16 bits per heavy atom. The molecule has 1 aromatic rings. The van der Waals surface area contributed by atoms with Crippen LogP contribution in [-0.2, 0) is 24.3 Å². The van der Waals surface area contributed by atoms with Crippen molar-refractivity contribution in [3.63, 3.8) is 0 Å². The van der Waals surface area contributed by atoms with E-state index in [2.05, 4.69) is 10.6 Å². The molecule has 1 rings (SSSR count). The highest BCUT2D eigenvalue weighted by atomic mass is 32.2. The maximum atomic E-state index is 12.7. The number of carbonyl (C=O) groups is 3. The zero-order chi connectivity index (χ0) is 23.8. The van der Waals surface area contributed by atoms with Crippen molar-refractivity contribution in [3.8, 4) is 0 Å². The molecule has 9 nitrogen and oxygen atoms in total. The fourth-order valence-electron chi connectivity index (χ4n) is 2.82. The Labute approximate surface area is 184 Å². The molecule has 0 aliphatic carbocycles. The molecule has 0 aliphatic heterocycles. The molecule has 0 heterocycles. The number of nitrogens with one attached hydrogen (secondary N) is 2. The first kappa shape index (κ1) is 26.6. The van der Waals surface area contributed by atoms with E-state index in [-0.39, 0.29) is 22.4 Å². The van der Waals surface area contributed by atoms with Gasteiger partial charge in [0.2, 0.25) is 10.0 Å². The quantitative estimate of drug-likeness (QED) is 0.488. The molecule has 1 atom stereocenters. The van der Waals surface area contributed by atoms with Crippen LogP contribution in [0.2, 0.25) is 0 Å². The first-order valence-electron chi connectivity index (χ1n) is 10.3. The highest BCUT2D eigenvalue weighted by Gasteiger charge is 2.28. The smallest absolute Gasteiger partial charge is 0.329 e. The van der Waals surface area contributed by atoms with Gasteiger partial charge in [-0.3, -0.25) is 9.59 Å². The van der Waals surface area contributed by atoms with E-state index in [1.807, 2.05) is 0 Å². The molecule has 0 aromatic heterocycles. The summed E-state index contributed by atoms with van der Waals surface area (Å²) in [7, 11) is -3.73. The molecule has 0 aliphatic rings. The number of sulfonamides is 1. The molecule has 2 amide bonds. The first-order chi connectivity index (χ1) is 14.4. The maximum absolute atomic E-state index is 12.7. The molecule has 0 fully saturated rings. The fraction of sp³-hybridized carbons (Fsp3) is 0.571. The molecule has 10 heteroatoms. The Morgan fingerprint density at radius 2 is 1.65 bits per heavy atom. The van der Waals surface area contributed by atoms with Gasteiger partial charge in [0.15, 0.2) is 6.61 Å². The van der Waals surface area contributed by atoms with Gasteiger partial charge in [0.25, 0.3) is 11.8 Å². The molecular weight excluding hydrogens is 422 g/mol. The summed E-state index contributed by atoms with van der Waals surface area (Å²) in [5.74, 6) is -2.10. The van der Waals surface area contributed by atoms with Gasteiger partial charge in [-0.25, -0.2) is 13.2 Å². The monoisotopic (exact) mass is 455 g/mol. The third-order valence-electron chi connectivity index (χ3n) is 4.44. The SMILES string of the molecule is CCN(CC)S(=O)(=O)c1cccc(C(=O)N[C@H](C(=O)OCC(=O)NC(C)C)C(C)C)c1. The van der Waals surface area contributed by atoms with Crippen LogP contribution in [0.3, 0.4) is 0 Å². The van der Waals surface area contributed by atoms with Gasteiger partial charge in [-0.1, -0.05) is 33.8 Å². The summed E-state index contributed by atoms with van der Waals surface area (Å²) in [5.41, 5.74) is 0.101. The predicted molar refractivity (Wildman–Crippen MR) is 117 cm³/mol. The normalized spacial score (nSPS) is 12.7. The number of amides is 2. The Bertz CT molecular complexity index is 879. The summed E-state index contributed by atoms with van der Waals surface area (Å²) >= 11 is 0. The standard InChI is InChI=1S/C21H33N3O6S/c1-7-24(8-2)31(28,29)17-11-9-10-16(12-17)20(26)23-19(14(3)4)21(27)30-13-18(25)22-15(5)6/h9-12,14-15,19H,7-8,13H2,1-6H3,(H,22,25)(H,23,26)/t19-/m0/s1. The molecule has 1 aromatic carbocycles. The molecule has 31 heavy (non-hydrogen) atoms. The Morgan fingerprint density at radius 1 is 1.03 bits per heavy atom. The lowest BCUT2D eigenvalue weighted by atomic mass is 10.0. The van der Waals surface area contributed by atoms with E-state index in [9.17, 15) is 22.8 Å². The van der Waals surface area contributed by atoms with Gasteiger partial charge in [0.05, 0.1) is 4.90 Å². The van der Waals surface area contributed by atoms with Crippen LogP contribution < -0.4 is 10.6 Å². The maximum Gasteiger partial charge on any atom is 0.329 e. The van der Waals surface area contributed by atoms with E-state index in [1.165, 1.54) is 28.6 Å². The van der Waals surface area contributed by atoms with Crippen LogP contribution in [0.1, 0.15) is 51.9 Å². The fourth-order valence-corrected chi connectivity index (χ4v) is 4.33. The van der Waals surface area contributed by atoms with Gasteiger partial charge in [-0.05, 0) is 38.0 Å². The van der Waals surface area contributed by atoms with Crippen molar-refractivity contribution >= 4 is 27.8 Å². The molecule has 2 N–H and O–H groups in total. The largest absolute Gasteiger partial charge is 0.454 e. The zero-order valence-corrected chi connectivity index (χ0v) is 19.8.